The van der Waals surface area contributed by atoms with Gasteiger partial charge in [-0.25, -0.2) is 4.79 Å². The van der Waals surface area contributed by atoms with Gasteiger partial charge in [0.2, 0.25) is 5.91 Å². The lowest BCUT2D eigenvalue weighted by molar-refractivity contribution is -0.129. The summed E-state index contributed by atoms with van der Waals surface area (Å²) >= 11 is 0. The van der Waals surface area contributed by atoms with E-state index in [1.165, 1.54) is 5.56 Å². The van der Waals surface area contributed by atoms with Gasteiger partial charge in [-0.2, -0.15) is 0 Å². The Kier molecular flexibility index (Phi) is 7.06. The zero-order valence-electron chi connectivity index (χ0n) is 19.8. The Morgan fingerprint density at radius 2 is 1.64 bits per heavy atom. The molecule has 2 fully saturated rings. The topological polar surface area (TPSA) is 65.1 Å². The SMILES string of the molecule is COc1ccc(C2CCN(C(=O)Nc3ccc(N4CCC(N(C)C(C)=O)C4)cc3)CC2)cc1. The molecule has 2 aliphatic heterocycles. The summed E-state index contributed by atoms with van der Waals surface area (Å²) < 4.78 is 5.24. The van der Waals surface area contributed by atoms with Crippen LogP contribution in [0.25, 0.3) is 0 Å². The van der Waals surface area contributed by atoms with Crippen LogP contribution in [0.5, 0.6) is 5.75 Å². The van der Waals surface area contributed by atoms with Crippen LogP contribution in [-0.4, -0.2) is 68.1 Å². The van der Waals surface area contributed by atoms with E-state index in [1.807, 2.05) is 53.2 Å². The fourth-order valence-corrected chi connectivity index (χ4v) is 4.80. The molecule has 3 amide bonds. The molecule has 2 aliphatic rings. The van der Waals surface area contributed by atoms with Crippen LogP contribution in [0, 0.1) is 0 Å². The molecule has 7 nitrogen and oxygen atoms in total. The van der Waals surface area contributed by atoms with Crippen LogP contribution >= 0.6 is 0 Å². The molecule has 2 aromatic rings. The maximum atomic E-state index is 12.8. The normalized spacial score (nSPS) is 18.8. The van der Waals surface area contributed by atoms with E-state index in [0.29, 0.717) is 5.92 Å². The van der Waals surface area contributed by atoms with Gasteiger partial charge in [-0.3, -0.25) is 4.79 Å². The number of amides is 3. The smallest absolute Gasteiger partial charge is 0.321 e. The van der Waals surface area contributed by atoms with E-state index in [9.17, 15) is 9.59 Å². The number of ether oxygens (including phenoxy) is 1. The van der Waals surface area contributed by atoms with Crippen LogP contribution in [-0.2, 0) is 4.79 Å². The summed E-state index contributed by atoms with van der Waals surface area (Å²) in [5.41, 5.74) is 3.23. The van der Waals surface area contributed by atoms with Crippen molar-refractivity contribution >= 4 is 23.3 Å². The summed E-state index contributed by atoms with van der Waals surface area (Å²) in [7, 11) is 3.55. The monoisotopic (exact) mass is 450 g/mol. The van der Waals surface area contributed by atoms with Gasteiger partial charge in [-0.1, -0.05) is 12.1 Å². The molecule has 2 heterocycles. The average Bonchev–Trinajstić information content (AvgIpc) is 3.34. The number of rotatable bonds is 5. The van der Waals surface area contributed by atoms with Gasteiger partial charge in [-0.05, 0) is 67.1 Å². The first-order chi connectivity index (χ1) is 15.9. The maximum absolute atomic E-state index is 12.8. The van der Waals surface area contributed by atoms with E-state index in [2.05, 4.69) is 22.3 Å². The number of piperidine rings is 1. The third kappa shape index (κ3) is 5.41. The fourth-order valence-electron chi connectivity index (χ4n) is 4.80. The molecular formula is C26H34N4O3. The second-order valence-corrected chi connectivity index (χ2v) is 9.03. The molecule has 0 bridgehead atoms. The van der Waals surface area contributed by atoms with Crippen molar-refractivity contribution in [1.82, 2.24) is 9.80 Å². The quantitative estimate of drug-likeness (QED) is 0.743. The van der Waals surface area contributed by atoms with E-state index in [1.54, 1.807) is 14.0 Å². The Morgan fingerprint density at radius 1 is 0.970 bits per heavy atom. The van der Waals surface area contributed by atoms with Crippen molar-refractivity contribution < 1.29 is 14.3 Å². The minimum atomic E-state index is -0.0414. The maximum Gasteiger partial charge on any atom is 0.321 e. The standard InChI is InChI=1S/C26H34N4O3/c1-19(31)28(2)24-14-17-30(18-24)23-8-6-22(7-9-23)27-26(32)29-15-12-21(13-16-29)20-4-10-25(33-3)11-5-20/h4-11,21,24H,12-18H2,1-3H3,(H,27,32). The van der Waals surface area contributed by atoms with Gasteiger partial charge < -0.3 is 24.8 Å². The number of hydrogen-bond donors (Lipinski definition) is 1. The highest BCUT2D eigenvalue weighted by atomic mass is 16.5. The van der Waals surface area contributed by atoms with Crippen molar-refractivity contribution in [3.63, 3.8) is 0 Å². The molecule has 2 saturated heterocycles. The third-order valence-corrected chi connectivity index (χ3v) is 7.06. The highest BCUT2D eigenvalue weighted by Gasteiger charge is 2.27. The number of likely N-dealkylation sites (N-methyl/N-ethyl adjacent to an activating group) is 1. The number of nitrogens with zero attached hydrogens (tertiary/aromatic N) is 3. The van der Waals surface area contributed by atoms with E-state index >= 15 is 0 Å². The van der Waals surface area contributed by atoms with Gasteiger partial charge >= 0.3 is 6.03 Å². The Balaban J connectivity index is 1.26. The molecule has 33 heavy (non-hydrogen) atoms. The van der Waals surface area contributed by atoms with Gasteiger partial charge in [0.25, 0.3) is 0 Å². The summed E-state index contributed by atoms with van der Waals surface area (Å²) in [5.74, 6) is 1.45. The number of urea groups is 1. The summed E-state index contributed by atoms with van der Waals surface area (Å²) in [5, 5.41) is 3.04. The number of anilines is 2. The average molecular weight is 451 g/mol. The number of hydrogen-bond acceptors (Lipinski definition) is 4. The van der Waals surface area contributed by atoms with Gasteiger partial charge in [0.05, 0.1) is 13.2 Å². The highest BCUT2D eigenvalue weighted by Crippen LogP contribution is 2.30. The van der Waals surface area contributed by atoms with Crippen molar-refractivity contribution in [2.75, 3.05) is 50.6 Å². The molecular weight excluding hydrogens is 416 g/mol. The lowest BCUT2D eigenvalue weighted by atomic mass is 9.89. The molecule has 1 N–H and O–H groups in total. The van der Waals surface area contributed by atoms with E-state index < -0.39 is 0 Å². The van der Waals surface area contributed by atoms with Crippen LogP contribution < -0.4 is 15.0 Å². The van der Waals surface area contributed by atoms with E-state index in [-0.39, 0.29) is 18.0 Å². The van der Waals surface area contributed by atoms with E-state index in [0.717, 1.165) is 62.6 Å². The number of nitrogens with one attached hydrogen (secondary N) is 1. The van der Waals surface area contributed by atoms with Crippen LogP contribution in [0.2, 0.25) is 0 Å². The molecule has 176 valence electrons. The molecule has 1 atom stereocenters. The summed E-state index contributed by atoms with van der Waals surface area (Å²) in [4.78, 5) is 30.4. The van der Waals surface area contributed by atoms with Gasteiger partial charge in [0, 0.05) is 51.5 Å². The summed E-state index contributed by atoms with van der Waals surface area (Å²) in [6, 6.07) is 16.5. The first-order valence-corrected chi connectivity index (χ1v) is 11.7. The Hall–Kier alpha value is -3.22. The molecule has 1 unspecified atom stereocenters. The minimum Gasteiger partial charge on any atom is -0.497 e. The fraction of sp³-hybridized carbons (Fsp3) is 0.462. The van der Waals surface area contributed by atoms with Gasteiger partial charge in [-0.15, -0.1) is 0 Å². The number of methoxy groups -OCH3 is 1. The van der Waals surface area contributed by atoms with Crippen LogP contribution in [0.4, 0.5) is 16.2 Å². The Labute approximate surface area is 196 Å². The van der Waals surface area contributed by atoms with Crippen LogP contribution in [0.1, 0.15) is 37.7 Å². The largest absolute Gasteiger partial charge is 0.497 e. The first kappa shape index (κ1) is 23.0. The molecule has 0 radical (unpaired) electrons. The highest BCUT2D eigenvalue weighted by molar-refractivity contribution is 5.89. The predicted molar refractivity (Wildman–Crippen MR) is 131 cm³/mol. The van der Waals surface area contributed by atoms with Crippen molar-refractivity contribution in [3.05, 3.63) is 54.1 Å². The zero-order valence-corrected chi connectivity index (χ0v) is 19.8. The van der Waals surface area contributed by atoms with Crippen molar-refractivity contribution in [3.8, 4) is 5.75 Å². The number of likely N-dealkylation sites (tertiary alicyclic amines) is 1. The summed E-state index contributed by atoms with van der Waals surface area (Å²) in [6.07, 6.45) is 2.90. The second kappa shape index (κ2) is 10.1. The van der Waals surface area contributed by atoms with Crippen molar-refractivity contribution in [2.24, 2.45) is 0 Å². The Morgan fingerprint density at radius 3 is 2.24 bits per heavy atom. The molecule has 0 aromatic heterocycles. The molecule has 4 rings (SSSR count). The van der Waals surface area contributed by atoms with Gasteiger partial charge in [0.1, 0.15) is 5.75 Å². The van der Waals surface area contributed by atoms with Crippen LogP contribution in [0.15, 0.2) is 48.5 Å². The van der Waals surface area contributed by atoms with E-state index in [4.69, 9.17) is 4.74 Å². The lowest BCUT2D eigenvalue weighted by Gasteiger charge is -2.32. The lowest BCUT2D eigenvalue weighted by Crippen LogP contribution is -2.40. The second-order valence-electron chi connectivity index (χ2n) is 9.03. The zero-order chi connectivity index (χ0) is 23.4. The molecule has 0 saturated carbocycles. The minimum absolute atomic E-state index is 0.0414. The third-order valence-electron chi connectivity index (χ3n) is 7.06. The van der Waals surface area contributed by atoms with Gasteiger partial charge in [0.15, 0.2) is 0 Å². The molecule has 2 aromatic carbocycles. The van der Waals surface area contributed by atoms with Crippen molar-refractivity contribution in [1.29, 1.82) is 0 Å². The molecule has 7 heteroatoms. The first-order valence-electron chi connectivity index (χ1n) is 11.7. The number of carbonyl (C=O) groups is 2. The predicted octanol–water partition coefficient (Wildman–Crippen LogP) is 4.16. The van der Waals surface area contributed by atoms with Crippen molar-refractivity contribution in [2.45, 2.75) is 38.1 Å². The molecule has 0 aliphatic carbocycles. The summed E-state index contributed by atoms with van der Waals surface area (Å²) in [6.45, 7) is 4.88. The van der Waals surface area contributed by atoms with Crippen LogP contribution in [0.3, 0.4) is 0 Å². The Bertz CT molecular complexity index is 953. The number of carbonyl (C=O) groups excluding carboxylic acids is 2. The number of benzene rings is 2. The molecule has 0 spiro atoms.